The zero-order chi connectivity index (χ0) is 26.2. The summed E-state index contributed by atoms with van der Waals surface area (Å²) in [5.74, 6) is 1.75. The Kier molecular flexibility index (Phi) is 9.24. The molecule has 5 heteroatoms. The van der Waals surface area contributed by atoms with Gasteiger partial charge in [-0.2, -0.15) is 0 Å². The summed E-state index contributed by atoms with van der Waals surface area (Å²) in [6.45, 7) is 5.81. The smallest absolute Gasteiger partial charge is 0.254 e. The van der Waals surface area contributed by atoms with Gasteiger partial charge in [0.25, 0.3) is 5.91 Å². The van der Waals surface area contributed by atoms with E-state index >= 15 is 0 Å². The lowest BCUT2D eigenvalue weighted by Crippen LogP contribution is -2.52. The molecule has 1 saturated heterocycles. The molecule has 37 heavy (non-hydrogen) atoms. The Hall–Kier alpha value is -3.31. The van der Waals surface area contributed by atoms with Gasteiger partial charge in [-0.1, -0.05) is 59.7 Å². The van der Waals surface area contributed by atoms with Crippen LogP contribution in [0.5, 0.6) is 11.5 Å². The number of benzene rings is 3. The van der Waals surface area contributed by atoms with Gasteiger partial charge in [0, 0.05) is 24.2 Å². The number of hydrogen-bond donors (Lipinski definition) is 1. The molecule has 0 aliphatic carbocycles. The molecule has 1 aliphatic rings. The Morgan fingerprint density at radius 3 is 2.43 bits per heavy atom. The molecule has 0 spiro atoms. The van der Waals surface area contributed by atoms with Gasteiger partial charge in [-0.3, -0.25) is 4.79 Å². The molecular weight excluding hydrogens is 460 g/mol. The maximum absolute atomic E-state index is 13.6. The third-order valence-corrected chi connectivity index (χ3v) is 7.30. The van der Waals surface area contributed by atoms with Gasteiger partial charge in [0.1, 0.15) is 0 Å². The van der Waals surface area contributed by atoms with Crippen LogP contribution in [-0.2, 0) is 12.8 Å². The third-order valence-electron chi connectivity index (χ3n) is 7.30. The summed E-state index contributed by atoms with van der Waals surface area (Å²) in [4.78, 5) is 15.7. The normalized spacial score (nSPS) is 17.5. The average Bonchev–Trinajstić information content (AvgIpc) is 2.90. The number of methoxy groups -OCH3 is 2. The summed E-state index contributed by atoms with van der Waals surface area (Å²) in [6, 6.07) is 23.3. The monoisotopic (exact) mass is 500 g/mol. The minimum absolute atomic E-state index is 0.149. The number of para-hydroxylation sites is 1. The van der Waals surface area contributed by atoms with Crippen LogP contribution in [0.3, 0.4) is 0 Å². The van der Waals surface area contributed by atoms with Crippen LogP contribution in [0.2, 0.25) is 0 Å². The van der Waals surface area contributed by atoms with Gasteiger partial charge in [0.2, 0.25) is 0 Å². The maximum atomic E-state index is 13.6. The van der Waals surface area contributed by atoms with Crippen LogP contribution in [0, 0.1) is 13.8 Å². The van der Waals surface area contributed by atoms with E-state index in [2.05, 4.69) is 60.5 Å². The first-order valence-corrected chi connectivity index (χ1v) is 13.3. The zero-order valence-electron chi connectivity index (χ0n) is 22.6. The Morgan fingerprint density at radius 1 is 0.973 bits per heavy atom. The molecule has 0 bridgehead atoms. The highest BCUT2D eigenvalue weighted by molar-refractivity contribution is 5.95. The van der Waals surface area contributed by atoms with Crippen molar-refractivity contribution in [1.29, 1.82) is 0 Å². The minimum Gasteiger partial charge on any atom is -0.493 e. The van der Waals surface area contributed by atoms with Crippen molar-refractivity contribution in [3.63, 3.8) is 0 Å². The second-order valence-electron chi connectivity index (χ2n) is 10.2. The van der Waals surface area contributed by atoms with Gasteiger partial charge >= 0.3 is 0 Å². The van der Waals surface area contributed by atoms with Crippen molar-refractivity contribution >= 4 is 5.91 Å². The third kappa shape index (κ3) is 6.92. The molecule has 1 N–H and O–H groups in total. The number of rotatable bonds is 10. The van der Waals surface area contributed by atoms with Gasteiger partial charge in [-0.15, -0.1) is 0 Å². The van der Waals surface area contributed by atoms with Gasteiger partial charge in [-0.25, -0.2) is 0 Å². The molecule has 5 nitrogen and oxygen atoms in total. The van der Waals surface area contributed by atoms with E-state index in [1.54, 1.807) is 14.2 Å². The highest BCUT2D eigenvalue weighted by Gasteiger charge is 2.32. The summed E-state index contributed by atoms with van der Waals surface area (Å²) >= 11 is 0. The second kappa shape index (κ2) is 12.8. The zero-order valence-corrected chi connectivity index (χ0v) is 22.6. The summed E-state index contributed by atoms with van der Waals surface area (Å²) in [5, 5.41) is 3.78. The fourth-order valence-corrected chi connectivity index (χ4v) is 5.58. The minimum atomic E-state index is 0.149. The maximum Gasteiger partial charge on any atom is 0.254 e. The number of aryl methyl sites for hydroxylation is 3. The van der Waals surface area contributed by atoms with Gasteiger partial charge in [0.05, 0.1) is 14.2 Å². The van der Waals surface area contributed by atoms with Crippen LogP contribution in [0.1, 0.15) is 51.9 Å². The lowest BCUT2D eigenvalue weighted by molar-refractivity contribution is 0.0577. The lowest BCUT2D eigenvalue weighted by atomic mass is 9.91. The first-order chi connectivity index (χ1) is 18.0. The number of amides is 1. The number of nitrogens with one attached hydrogen (secondary N) is 1. The van der Waals surface area contributed by atoms with Crippen LogP contribution >= 0.6 is 0 Å². The Balaban J connectivity index is 1.40. The SMILES string of the molecule is COc1cccc(CCCN[C@H]2CCN(C(=O)c3cc(C)cc(C)c3)[C@@H](Cc3ccccc3)C2)c1OC. The highest BCUT2D eigenvalue weighted by atomic mass is 16.5. The van der Waals surface area contributed by atoms with Crippen molar-refractivity contribution in [2.45, 2.75) is 58.0 Å². The first kappa shape index (κ1) is 26.7. The van der Waals surface area contributed by atoms with E-state index in [1.165, 1.54) is 11.1 Å². The number of carbonyl (C=O) groups excluding carboxylic acids is 1. The largest absolute Gasteiger partial charge is 0.493 e. The van der Waals surface area contributed by atoms with E-state index in [0.717, 1.165) is 73.4 Å². The molecule has 1 aliphatic heterocycles. The summed E-state index contributed by atoms with van der Waals surface area (Å²) in [5.41, 5.74) is 5.50. The number of hydrogen-bond acceptors (Lipinski definition) is 4. The number of likely N-dealkylation sites (tertiary alicyclic amines) is 1. The van der Waals surface area contributed by atoms with E-state index in [-0.39, 0.29) is 11.9 Å². The Bertz CT molecular complexity index is 1160. The predicted molar refractivity (Wildman–Crippen MR) is 150 cm³/mol. The van der Waals surface area contributed by atoms with Crippen molar-refractivity contribution < 1.29 is 14.3 Å². The van der Waals surface area contributed by atoms with Crippen molar-refractivity contribution in [3.05, 3.63) is 94.5 Å². The van der Waals surface area contributed by atoms with E-state index in [0.29, 0.717) is 6.04 Å². The van der Waals surface area contributed by atoms with Crippen molar-refractivity contribution in [1.82, 2.24) is 10.2 Å². The molecule has 0 aromatic heterocycles. The molecule has 0 radical (unpaired) electrons. The molecule has 0 unspecified atom stereocenters. The quantitative estimate of drug-likeness (QED) is 0.360. The van der Waals surface area contributed by atoms with Gasteiger partial charge in [0.15, 0.2) is 11.5 Å². The molecule has 0 saturated carbocycles. The van der Waals surface area contributed by atoms with Gasteiger partial charge in [-0.05, 0) is 81.8 Å². The molecule has 196 valence electrons. The van der Waals surface area contributed by atoms with E-state index in [1.807, 2.05) is 30.3 Å². The standard InChI is InChI=1S/C32H40N2O3/c1-23-18-24(2)20-27(19-23)32(35)34-17-15-28(22-29(34)21-25-10-6-5-7-11-25)33-16-9-13-26-12-8-14-30(36-3)31(26)37-4/h5-8,10-12,14,18-20,28-29,33H,9,13,15-17,21-22H2,1-4H3/t28-,29-/m0/s1. The fraction of sp³-hybridized carbons (Fsp3) is 0.406. The van der Waals surface area contributed by atoms with E-state index in [4.69, 9.17) is 9.47 Å². The van der Waals surface area contributed by atoms with Crippen LogP contribution in [0.15, 0.2) is 66.7 Å². The number of piperidine rings is 1. The van der Waals surface area contributed by atoms with Crippen molar-refractivity contribution in [2.75, 3.05) is 27.3 Å². The predicted octanol–water partition coefficient (Wildman–Crippen LogP) is 5.76. The van der Waals surface area contributed by atoms with Crippen molar-refractivity contribution in [2.24, 2.45) is 0 Å². The first-order valence-electron chi connectivity index (χ1n) is 13.3. The topological polar surface area (TPSA) is 50.8 Å². The Morgan fingerprint density at radius 2 is 1.73 bits per heavy atom. The molecule has 1 amide bonds. The average molecular weight is 501 g/mol. The Labute approximate surface area is 221 Å². The summed E-state index contributed by atoms with van der Waals surface area (Å²) in [6.07, 6.45) is 4.72. The van der Waals surface area contributed by atoms with E-state index < -0.39 is 0 Å². The number of ether oxygens (including phenoxy) is 2. The molecule has 3 aromatic rings. The molecular formula is C32H40N2O3. The molecule has 2 atom stereocenters. The molecule has 4 rings (SSSR count). The molecule has 1 fully saturated rings. The van der Waals surface area contributed by atoms with E-state index in [9.17, 15) is 4.79 Å². The van der Waals surface area contributed by atoms with Crippen LogP contribution < -0.4 is 14.8 Å². The highest BCUT2D eigenvalue weighted by Crippen LogP contribution is 2.31. The van der Waals surface area contributed by atoms with Gasteiger partial charge < -0.3 is 19.7 Å². The second-order valence-corrected chi connectivity index (χ2v) is 10.2. The summed E-state index contributed by atoms with van der Waals surface area (Å²) < 4.78 is 11.0. The van der Waals surface area contributed by atoms with Crippen LogP contribution in [0.4, 0.5) is 0 Å². The summed E-state index contributed by atoms with van der Waals surface area (Å²) in [7, 11) is 3.37. The fourth-order valence-electron chi connectivity index (χ4n) is 5.58. The van der Waals surface area contributed by atoms with Crippen LogP contribution in [0.25, 0.3) is 0 Å². The molecule has 3 aromatic carbocycles. The van der Waals surface area contributed by atoms with Crippen molar-refractivity contribution in [3.8, 4) is 11.5 Å². The lowest BCUT2D eigenvalue weighted by Gasteiger charge is -2.40. The van der Waals surface area contributed by atoms with Crippen LogP contribution in [-0.4, -0.2) is 50.2 Å². The molecule has 1 heterocycles. The number of nitrogens with zero attached hydrogens (tertiary/aromatic N) is 1. The number of carbonyl (C=O) groups is 1.